The highest BCUT2D eigenvalue weighted by molar-refractivity contribution is 6.30. The maximum Gasteiger partial charge on any atom is 0.142 e. The van der Waals surface area contributed by atoms with Gasteiger partial charge in [0.15, 0.2) is 0 Å². The number of benzene rings is 2. The monoisotopic (exact) mass is 302 g/mol. The predicted molar refractivity (Wildman–Crippen MR) is 88.9 cm³/mol. The fourth-order valence-electron chi connectivity index (χ4n) is 2.77. The molecular weight excluding hydrogens is 284 g/mol. The Hall–Kier alpha value is -1.87. The van der Waals surface area contributed by atoms with Crippen molar-refractivity contribution in [1.29, 1.82) is 0 Å². The number of hydrogen-bond donors (Lipinski definition) is 0. The lowest BCUT2D eigenvalue weighted by atomic mass is 10.2. The van der Waals surface area contributed by atoms with Crippen LogP contribution in [0.25, 0.3) is 0 Å². The summed E-state index contributed by atoms with van der Waals surface area (Å²) < 4.78 is 5.45. The van der Waals surface area contributed by atoms with E-state index in [1.165, 1.54) is 11.4 Å². The maximum atomic E-state index is 6.07. The number of para-hydroxylation sites is 2. The van der Waals surface area contributed by atoms with E-state index in [9.17, 15) is 0 Å². The first-order valence-electron chi connectivity index (χ1n) is 7.16. The molecule has 1 aliphatic rings. The van der Waals surface area contributed by atoms with E-state index in [0.717, 1.165) is 37.0 Å². The molecule has 110 valence electrons. The summed E-state index contributed by atoms with van der Waals surface area (Å²) in [5.41, 5.74) is 2.37. The summed E-state index contributed by atoms with van der Waals surface area (Å²) in [5.74, 6) is 0.939. The number of nitrogens with zero attached hydrogens (tertiary/aromatic N) is 2. The van der Waals surface area contributed by atoms with Crippen molar-refractivity contribution in [3.05, 3.63) is 53.6 Å². The fourth-order valence-corrected chi connectivity index (χ4v) is 2.95. The van der Waals surface area contributed by atoms with Crippen molar-refractivity contribution in [2.24, 2.45) is 0 Å². The van der Waals surface area contributed by atoms with Crippen molar-refractivity contribution in [1.82, 2.24) is 0 Å². The average molecular weight is 303 g/mol. The SMILES string of the molecule is COc1ccccc1N1CCN(c2cccc(Cl)c2)CC1. The van der Waals surface area contributed by atoms with E-state index in [1.54, 1.807) is 7.11 Å². The molecule has 0 unspecified atom stereocenters. The van der Waals surface area contributed by atoms with Crippen molar-refractivity contribution in [3.8, 4) is 5.75 Å². The number of anilines is 2. The molecule has 0 amide bonds. The number of halogens is 1. The van der Waals surface area contributed by atoms with Crippen LogP contribution in [0.3, 0.4) is 0 Å². The minimum absolute atomic E-state index is 0.791. The minimum Gasteiger partial charge on any atom is -0.495 e. The molecule has 0 aliphatic carbocycles. The Balaban J connectivity index is 1.70. The lowest BCUT2D eigenvalue weighted by molar-refractivity contribution is 0.413. The van der Waals surface area contributed by atoms with Crippen molar-refractivity contribution in [2.45, 2.75) is 0 Å². The first-order valence-corrected chi connectivity index (χ1v) is 7.54. The van der Waals surface area contributed by atoms with E-state index < -0.39 is 0 Å². The van der Waals surface area contributed by atoms with Gasteiger partial charge in [0.1, 0.15) is 5.75 Å². The molecular formula is C17H19ClN2O. The largest absolute Gasteiger partial charge is 0.495 e. The zero-order chi connectivity index (χ0) is 14.7. The first-order chi connectivity index (χ1) is 10.3. The van der Waals surface area contributed by atoms with Gasteiger partial charge < -0.3 is 14.5 Å². The Morgan fingerprint density at radius 3 is 2.33 bits per heavy atom. The highest BCUT2D eigenvalue weighted by atomic mass is 35.5. The molecule has 2 aromatic rings. The number of ether oxygens (including phenoxy) is 1. The lowest BCUT2D eigenvalue weighted by Gasteiger charge is -2.37. The molecule has 1 saturated heterocycles. The van der Waals surface area contributed by atoms with Gasteiger partial charge in [-0.05, 0) is 30.3 Å². The second kappa shape index (κ2) is 6.27. The zero-order valence-electron chi connectivity index (χ0n) is 12.1. The third kappa shape index (κ3) is 3.08. The Kier molecular flexibility index (Phi) is 4.20. The molecule has 2 aromatic carbocycles. The van der Waals surface area contributed by atoms with Gasteiger partial charge in [-0.2, -0.15) is 0 Å². The quantitative estimate of drug-likeness (QED) is 0.860. The van der Waals surface area contributed by atoms with Crippen LogP contribution >= 0.6 is 11.6 Å². The van der Waals surface area contributed by atoms with Crippen LogP contribution in [0.4, 0.5) is 11.4 Å². The third-order valence-corrected chi connectivity index (χ3v) is 4.11. The standard InChI is InChI=1S/C17H19ClN2O/c1-21-17-8-3-2-7-16(17)20-11-9-19(10-12-20)15-6-4-5-14(18)13-15/h2-8,13H,9-12H2,1H3. The molecule has 1 heterocycles. The highest BCUT2D eigenvalue weighted by Gasteiger charge is 2.19. The van der Waals surface area contributed by atoms with Gasteiger partial charge in [-0.1, -0.05) is 29.8 Å². The smallest absolute Gasteiger partial charge is 0.142 e. The predicted octanol–water partition coefficient (Wildman–Crippen LogP) is 3.68. The Morgan fingerprint density at radius 2 is 1.62 bits per heavy atom. The van der Waals surface area contributed by atoms with Gasteiger partial charge in [-0.15, -0.1) is 0 Å². The van der Waals surface area contributed by atoms with Crippen molar-refractivity contribution >= 4 is 23.0 Å². The Morgan fingerprint density at radius 1 is 0.905 bits per heavy atom. The molecule has 0 N–H and O–H groups in total. The second-order valence-electron chi connectivity index (χ2n) is 5.13. The molecule has 3 nitrogen and oxygen atoms in total. The molecule has 21 heavy (non-hydrogen) atoms. The van der Waals surface area contributed by atoms with Crippen LogP contribution in [0.2, 0.25) is 5.02 Å². The summed E-state index contributed by atoms with van der Waals surface area (Å²) in [6, 6.07) is 16.3. The van der Waals surface area contributed by atoms with Crippen LogP contribution in [-0.4, -0.2) is 33.3 Å². The molecule has 1 fully saturated rings. The van der Waals surface area contributed by atoms with Crippen molar-refractivity contribution in [2.75, 3.05) is 43.1 Å². The Bertz CT molecular complexity index is 609. The van der Waals surface area contributed by atoms with Gasteiger partial charge in [0.25, 0.3) is 0 Å². The van der Waals surface area contributed by atoms with Gasteiger partial charge in [0.05, 0.1) is 12.8 Å². The second-order valence-corrected chi connectivity index (χ2v) is 5.56. The van der Waals surface area contributed by atoms with Gasteiger partial charge >= 0.3 is 0 Å². The number of hydrogen-bond acceptors (Lipinski definition) is 3. The van der Waals surface area contributed by atoms with E-state index in [-0.39, 0.29) is 0 Å². The average Bonchev–Trinajstić information content (AvgIpc) is 2.55. The molecule has 0 saturated carbocycles. The molecule has 4 heteroatoms. The molecule has 0 radical (unpaired) electrons. The van der Waals surface area contributed by atoms with E-state index in [0.29, 0.717) is 0 Å². The van der Waals surface area contributed by atoms with Crippen LogP contribution in [0, 0.1) is 0 Å². The van der Waals surface area contributed by atoms with Crippen LogP contribution in [-0.2, 0) is 0 Å². The fraction of sp³-hybridized carbons (Fsp3) is 0.294. The van der Waals surface area contributed by atoms with Crippen molar-refractivity contribution < 1.29 is 4.74 Å². The third-order valence-electron chi connectivity index (χ3n) is 3.88. The summed E-state index contributed by atoms with van der Waals surface area (Å²) in [6.45, 7) is 3.93. The summed E-state index contributed by atoms with van der Waals surface area (Å²) >= 11 is 6.07. The van der Waals surface area contributed by atoms with E-state index in [4.69, 9.17) is 16.3 Å². The van der Waals surface area contributed by atoms with Crippen molar-refractivity contribution in [3.63, 3.8) is 0 Å². The topological polar surface area (TPSA) is 15.7 Å². The summed E-state index contributed by atoms with van der Waals surface area (Å²) in [5, 5.41) is 0.791. The van der Waals surface area contributed by atoms with Crippen LogP contribution < -0.4 is 14.5 Å². The van der Waals surface area contributed by atoms with Crippen LogP contribution in [0.5, 0.6) is 5.75 Å². The van der Waals surface area contributed by atoms with E-state index in [2.05, 4.69) is 28.0 Å². The molecule has 0 bridgehead atoms. The molecule has 0 atom stereocenters. The number of rotatable bonds is 3. The van der Waals surface area contributed by atoms with Gasteiger partial charge in [0.2, 0.25) is 0 Å². The summed E-state index contributed by atoms with van der Waals surface area (Å²) in [7, 11) is 1.72. The minimum atomic E-state index is 0.791. The molecule has 0 spiro atoms. The van der Waals surface area contributed by atoms with E-state index in [1.807, 2.05) is 30.3 Å². The Labute approximate surface area is 130 Å². The van der Waals surface area contributed by atoms with Crippen LogP contribution in [0.1, 0.15) is 0 Å². The summed E-state index contributed by atoms with van der Waals surface area (Å²) in [4.78, 5) is 4.75. The normalized spacial score (nSPS) is 15.1. The number of piperazine rings is 1. The number of methoxy groups -OCH3 is 1. The highest BCUT2D eigenvalue weighted by Crippen LogP contribution is 2.29. The van der Waals surface area contributed by atoms with Gasteiger partial charge in [0, 0.05) is 36.9 Å². The zero-order valence-corrected chi connectivity index (χ0v) is 12.9. The van der Waals surface area contributed by atoms with Crippen LogP contribution in [0.15, 0.2) is 48.5 Å². The lowest BCUT2D eigenvalue weighted by Crippen LogP contribution is -2.46. The molecule has 1 aliphatic heterocycles. The molecule has 0 aromatic heterocycles. The molecule has 3 rings (SSSR count). The maximum absolute atomic E-state index is 6.07. The first kappa shape index (κ1) is 14.1. The summed E-state index contributed by atoms with van der Waals surface area (Å²) in [6.07, 6.45) is 0. The van der Waals surface area contributed by atoms with Gasteiger partial charge in [-0.3, -0.25) is 0 Å². The van der Waals surface area contributed by atoms with E-state index >= 15 is 0 Å². The van der Waals surface area contributed by atoms with Gasteiger partial charge in [-0.25, -0.2) is 0 Å².